The summed E-state index contributed by atoms with van der Waals surface area (Å²) in [5, 5.41) is 10.8. The van der Waals surface area contributed by atoms with Crippen molar-refractivity contribution in [1.82, 2.24) is 4.57 Å². The van der Waals surface area contributed by atoms with Gasteiger partial charge in [0.2, 0.25) is 0 Å². The Bertz CT molecular complexity index is 497. The summed E-state index contributed by atoms with van der Waals surface area (Å²) >= 11 is 0. The Morgan fingerprint density at radius 1 is 1.38 bits per heavy atom. The summed E-state index contributed by atoms with van der Waals surface area (Å²) in [6.07, 6.45) is 0.442. The van der Waals surface area contributed by atoms with Crippen molar-refractivity contribution in [1.29, 1.82) is 0 Å². The zero-order valence-corrected chi connectivity index (χ0v) is 10.2. The van der Waals surface area contributed by atoms with Crippen molar-refractivity contribution in [2.45, 2.75) is 39.8 Å². The van der Waals surface area contributed by atoms with Crippen LogP contribution in [0.4, 0.5) is 0 Å². The molecule has 0 spiro atoms. The summed E-state index contributed by atoms with van der Waals surface area (Å²) < 4.78 is 2.30. The van der Waals surface area contributed by atoms with E-state index in [1.54, 1.807) is 0 Å². The number of para-hydroxylation sites is 1. The molecular formula is C14H19NO. The average molecular weight is 217 g/mol. The van der Waals surface area contributed by atoms with E-state index >= 15 is 0 Å². The zero-order chi connectivity index (χ0) is 11.7. The van der Waals surface area contributed by atoms with Crippen LogP contribution in [0.5, 0.6) is 0 Å². The van der Waals surface area contributed by atoms with Crippen molar-refractivity contribution in [3.05, 3.63) is 35.5 Å². The summed E-state index contributed by atoms with van der Waals surface area (Å²) in [5.41, 5.74) is 3.83. The number of aliphatic hydroxyl groups excluding tert-OH is 1. The molecule has 1 N–H and O–H groups in total. The highest BCUT2D eigenvalue weighted by Crippen LogP contribution is 2.24. The lowest BCUT2D eigenvalue weighted by atomic mass is 10.1. The monoisotopic (exact) mass is 217 g/mol. The minimum atomic E-state index is -0.282. The first-order valence-electron chi connectivity index (χ1n) is 5.89. The average Bonchev–Trinajstić information content (AvgIpc) is 2.55. The second kappa shape index (κ2) is 4.30. The molecular weight excluding hydrogens is 198 g/mol. The molecule has 0 saturated carbocycles. The van der Waals surface area contributed by atoms with Gasteiger partial charge in [0.1, 0.15) is 0 Å². The van der Waals surface area contributed by atoms with Gasteiger partial charge in [0.25, 0.3) is 0 Å². The first-order valence-corrected chi connectivity index (χ1v) is 5.89. The van der Waals surface area contributed by atoms with Crippen LogP contribution in [0.15, 0.2) is 24.3 Å². The molecule has 0 aliphatic carbocycles. The number of fused-ring (bicyclic) bond motifs is 1. The maximum absolute atomic E-state index is 9.51. The van der Waals surface area contributed by atoms with Gasteiger partial charge in [-0.2, -0.15) is 0 Å². The highest BCUT2D eigenvalue weighted by Gasteiger charge is 2.10. The quantitative estimate of drug-likeness (QED) is 0.840. The maximum atomic E-state index is 9.51. The minimum absolute atomic E-state index is 0.282. The molecule has 2 nitrogen and oxygen atoms in total. The van der Waals surface area contributed by atoms with Crippen LogP contribution in [0, 0.1) is 6.92 Å². The van der Waals surface area contributed by atoms with Crippen molar-refractivity contribution >= 4 is 10.9 Å². The van der Waals surface area contributed by atoms with E-state index in [9.17, 15) is 5.11 Å². The molecule has 2 heteroatoms. The number of hydrogen-bond donors (Lipinski definition) is 1. The summed E-state index contributed by atoms with van der Waals surface area (Å²) in [5.74, 6) is 0. The second-order valence-corrected chi connectivity index (χ2v) is 4.45. The third kappa shape index (κ3) is 1.85. The van der Waals surface area contributed by atoms with Crippen LogP contribution in [0.1, 0.15) is 25.1 Å². The van der Waals surface area contributed by atoms with E-state index < -0.39 is 0 Å². The molecule has 2 rings (SSSR count). The van der Waals surface area contributed by atoms with Crippen molar-refractivity contribution in [3.8, 4) is 0 Å². The molecule has 16 heavy (non-hydrogen) atoms. The lowest BCUT2D eigenvalue weighted by Gasteiger charge is -2.10. The third-order valence-corrected chi connectivity index (χ3v) is 3.03. The molecule has 1 aromatic heterocycles. The van der Waals surface area contributed by atoms with Crippen molar-refractivity contribution in [2.24, 2.45) is 0 Å². The van der Waals surface area contributed by atoms with Gasteiger partial charge in [0.15, 0.2) is 0 Å². The molecule has 2 aromatic rings. The Balaban J connectivity index is 2.62. The number of rotatable bonds is 3. The number of aliphatic hydroxyl groups is 1. The molecule has 0 radical (unpaired) electrons. The zero-order valence-electron chi connectivity index (χ0n) is 10.2. The van der Waals surface area contributed by atoms with Gasteiger partial charge in [-0.3, -0.25) is 0 Å². The normalized spacial score (nSPS) is 13.2. The minimum Gasteiger partial charge on any atom is -0.393 e. The standard InChI is InChI=1S/C14H19NO/c1-4-15-13(8-11(3)16)9-12-7-5-6-10(2)14(12)15/h5-7,9,11,16H,4,8H2,1-3H3. The van der Waals surface area contributed by atoms with Crippen LogP contribution in [0.3, 0.4) is 0 Å². The van der Waals surface area contributed by atoms with Gasteiger partial charge in [-0.25, -0.2) is 0 Å². The summed E-state index contributed by atoms with van der Waals surface area (Å²) in [4.78, 5) is 0. The van der Waals surface area contributed by atoms with Gasteiger partial charge >= 0.3 is 0 Å². The second-order valence-electron chi connectivity index (χ2n) is 4.45. The summed E-state index contributed by atoms with van der Waals surface area (Å²) in [6, 6.07) is 8.56. The fraction of sp³-hybridized carbons (Fsp3) is 0.429. The van der Waals surface area contributed by atoms with Gasteiger partial charge in [-0.1, -0.05) is 18.2 Å². The number of nitrogens with zero attached hydrogens (tertiary/aromatic N) is 1. The molecule has 1 heterocycles. The van der Waals surface area contributed by atoms with E-state index in [0.29, 0.717) is 0 Å². The van der Waals surface area contributed by atoms with E-state index in [1.165, 1.54) is 22.2 Å². The lowest BCUT2D eigenvalue weighted by Crippen LogP contribution is -2.09. The molecule has 1 aromatic carbocycles. The highest BCUT2D eigenvalue weighted by molar-refractivity contribution is 5.84. The lowest BCUT2D eigenvalue weighted by molar-refractivity contribution is 0.193. The molecule has 0 aliphatic rings. The third-order valence-electron chi connectivity index (χ3n) is 3.03. The van der Waals surface area contributed by atoms with Crippen LogP contribution in [-0.4, -0.2) is 15.8 Å². The molecule has 0 amide bonds. The smallest absolute Gasteiger partial charge is 0.0566 e. The van der Waals surface area contributed by atoms with Crippen molar-refractivity contribution in [2.75, 3.05) is 0 Å². The van der Waals surface area contributed by atoms with Crippen molar-refractivity contribution in [3.63, 3.8) is 0 Å². The molecule has 86 valence electrons. The molecule has 0 bridgehead atoms. The largest absolute Gasteiger partial charge is 0.393 e. The first kappa shape index (κ1) is 11.2. The molecule has 1 atom stereocenters. The summed E-state index contributed by atoms with van der Waals surface area (Å²) in [6.45, 7) is 7.08. The van der Waals surface area contributed by atoms with Gasteiger partial charge in [-0.05, 0) is 32.4 Å². The van der Waals surface area contributed by atoms with E-state index in [-0.39, 0.29) is 6.10 Å². The maximum Gasteiger partial charge on any atom is 0.0566 e. The topological polar surface area (TPSA) is 25.2 Å². The van der Waals surface area contributed by atoms with E-state index in [0.717, 1.165) is 13.0 Å². The molecule has 0 aliphatic heterocycles. The Morgan fingerprint density at radius 2 is 2.12 bits per heavy atom. The number of aromatic nitrogens is 1. The Labute approximate surface area is 96.5 Å². The SMILES string of the molecule is CCn1c(CC(C)O)cc2cccc(C)c21. The fourth-order valence-electron chi connectivity index (χ4n) is 2.40. The Kier molecular flexibility index (Phi) is 3.01. The van der Waals surface area contributed by atoms with Crippen LogP contribution in [0.2, 0.25) is 0 Å². The van der Waals surface area contributed by atoms with Crippen LogP contribution in [0.25, 0.3) is 10.9 Å². The molecule has 1 unspecified atom stereocenters. The van der Waals surface area contributed by atoms with Gasteiger partial charge in [0, 0.05) is 24.0 Å². The van der Waals surface area contributed by atoms with Gasteiger partial charge in [-0.15, -0.1) is 0 Å². The summed E-state index contributed by atoms with van der Waals surface area (Å²) in [7, 11) is 0. The van der Waals surface area contributed by atoms with Crippen LogP contribution >= 0.6 is 0 Å². The number of benzene rings is 1. The van der Waals surface area contributed by atoms with Gasteiger partial charge < -0.3 is 9.67 Å². The van der Waals surface area contributed by atoms with Crippen LogP contribution < -0.4 is 0 Å². The first-order chi connectivity index (χ1) is 7.63. The van der Waals surface area contributed by atoms with E-state index in [2.05, 4.69) is 42.7 Å². The predicted octanol–water partition coefficient (Wildman–Crippen LogP) is 2.89. The Hall–Kier alpha value is -1.28. The van der Waals surface area contributed by atoms with Crippen LogP contribution in [-0.2, 0) is 13.0 Å². The predicted molar refractivity (Wildman–Crippen MR) is 67.7 cm³/mol. The molecule has 0 saturated heterocycles. The number of hydrogen-bond acceptors (Lipinski definition) is 1. The van der Waals surface area contributed by atoms with Crippen molar-refractivity contribution < 1.29 is 5.11 Å². The van der Waals surface area contributed by atoms with E-state index in [1.807, 2.05) is 6.92 Å². The fourth-order valence-corrected chi connectivity index (χ4v) is 2.40. The molecule has 0 fully saturated rings. The Morgan fingerprint density at radius 3 is 2.75 bits per heavy atom. The van der Waals surface area contributed by atoms with E-state index in [4.69, 9.17) is 0 Å². The van der Waals surface area contributed by atoms with Gasteiger partial charge in [0.05, 0.1) is 11.6 Å². The highest BCUT2D eigenvalue weighted by atomic mass is 16.3. The number of aryl methyl sites for hydroxylation is 2.